The second-order valence-electron chi connectivity index (χ2n) is 4.79. The number of benzene rings is 1. The number of anilines is 1. The average molecular weight is 284 g/mol. The summed E-state index contributed by atoms with van der Waals surface area (Å²) in [5.41, 5.74) is 2.20. The molecule has 2 nitrogen and oxygen atoms in total. The summed E-state index contributed by atoms with van der Waals surface area (Å²) in [5.74, 6) is 1.52. The Morgan fingerprint density at radius 1 is 1.31 bits per heavy atom. The van der Waals surface area contributed by atoms with Crippen molar-refractivity contribution in [2.24, 2.45) is 11.8 Å². The predicted molar refractivity (Wildman–Crippen MR) is 70.6 cm³/mol. The molecule has 0 saturated carbocycles. The van der Waals surface area contributed by atoms with Gasteiger partial charge in [0.2, 0.25) is 0 Å². The van der Waals surface area contributed by atoms with E-state index in [1.165, 1.54) is 5.69 Å². The van der Waals surface area contributed by atoms with E-state index in [0.717, 1.165) is 35.0 Å². The maximum absolute atomic E-state index is 9.12. The fourth-order valence-electron chi connectivity index (χ4n) is 2.20. The number of hydrogen-bond donors (Lipinski definition) is 1. The van der Waals surface area contributed by atoms with Crippen LogP contribution in [0.4, 0.5) is 5.69 Å². The number of rotatable bonds is 2. The minimum atomic E-state index is 0.0909. The normalized spacial score (nSPS) is 25.1. The standard InChI is InChI=1S/C13H18BrNO/c1-9-6-15(7-10(9)2)12-4-3-11(8-16)13(14)5-12/h3-5,9-10,16H,6-8H2,1-2H3. The molecule has 1 aromatic carbocycles. The van der Waals surface area contributed by atoms with Crippen LogP contribution in [0.2, 0.25) is 0 Å². The number of halogens is 1. The van der Waals surface area contributed by atoms with Crippen LogP contribution in [0.1, 0.15) is 19.4 Å². The summed E-state index contributed by atoms with van der Waals surface area (Å²) in [6, 6.07) is 6.20. The Kier molecular flexibility index (Phi) is 3.55. The van der Waals surface area contributed by atoms with Crippen LogP contribution in [0.15, 0.2) is 22.7 Å². The molecule has 1 heterocycles. The highest BCUT2D eigenvalue weighted by molar-refractivity contribution is 9.10. The van der Waals surface area contributed by atoms with Crippen molar-refractivity contribution in [2.75, 3.05) is 18.0 Å². The lowest BCUT2D eigenvalue weighted by atomic mass is 10.0. The summed E-state index contributed by atoms with van der Waals surface area (Å²) in [5, 5.41) is 9.12. The molecule has 2 atom stereocenters. The Hall–Kier alpha value is -0.540. The van der Waals surface area contributed by atoms with Gasteiger partial charge < -0.3 is 10.0 Å². The summed E-state index contributed by atoms with van der Waals surface area (Å²) in [7, 11) is 0. The monoisotopic (exact) mass is 283 g/mol. The summed E-state index contributed by atoms with van der Waals surface area (Å²) in [6.45, 7) is 6.97. The molecule has 0 amide bonds. The molecule has 2 unspecified atom stereocenters. The first-order chi connectivity index (χ1) is 7.61. The van der Waals surface area contributed by atoms with Crippen molar-refractivity contribution in [3.8, 4) is 0 Å². The van der Waals surface area contributed by atoms with Gasteiger partial charge in [0.05, 0.1) is 6.61 Å². The zero-order valence-electron chi connectivity index (χ0n) is 9.78. The fraction of sp³-hybridized carbons (Fsp3) is 0.538. The highest BCUT2D eigenvalue weighted by Gasteiger charge is 2.26. The smallest absolute Gasteiger partial charge is 0.0692 e. The zero-order valence-corrected chi connectivity index (χ0v) is 11.4. The molecule has 0 bridgehead atoms. The molecule has 1 fully saturated rings. The number of hydrogen-bond acceptors (Lipinski definition) is 2. The molecule has 0 radical (unpaired) electrons. The minimum absolute atomic E-state index is 0.0909. The first kappa shape index (κ1) is 11.9. The van der Waals surface area contributed by atoms with Gasteiger partial charge in [-0.05, 0) is 29.5 Å². The Balaban J connectivity index is 2.19. The van der Waals surface area contributed by atoms with Crippen molar-refractivity contribution in [3.05, 3.63) is 28.2 Å². The van der Waals surface area contributed by atoms with E-state index in [9.17, 15) is 0 Å². The van der Waals surface area contributed by atoms with Crippen molar-refractivity contribution in [1.29, 1.82) is 0 Å². The predicted octanol–water partition coefficient (Wildman–Crippen LogP) is 3.03. The van der Waals surface area contributed by atoms with E-state index in [-0.39, 0.29) is 6.61 Å². The Bertz CT molecular complexity index is 370. The Morgan fingerprint density at radius 2 is 1.94 bits per heavy atom. The van der Waals surface area contributed by atoms with Crippen LogP contribution in [0.3, 0.4) is 0 Å². The highest BCUT2D eigenvalue weighted by Crippen LogP contribution is 2.30. The van der Waals surface area contributed by atoms with Crippen LogP contribution in [0.5, 0.6) is 0 Å². The Morgan fingerprint density at radius 3 is 2.44 bits per heavy atom. The summed E-state index contributed by atoms with van der Waals surface area (Å²) >= 11 is 3.50. The SMILES string of the molecule is CC1CN(c2ccc(CO)c(Br)c2)CC1C. The molecule has 2 rings (SSSR count). The van der Waals surface area contributed by atoms with Crippen LogP contribution in [-0.2, 0) is 6.61 Å². The van der Waals surface area contributed by atoms with Crippen molar-refractivity contribution in [1.82, 2.24) is 0 Å². The van der Waals surface area contributed by atoms with Crippen molar-refractivity contribution in [2.45, 2.75) is 20.5 Å². The number of aliphatic hydroxyl groups is 1. The molecular formula is C13H18BrNO. The third kappa shape index (κ3) is 2.25. The van der Waals surface area contributed by atoms with Gasteiger partial charge in [-0.3, -0.25) is 0 Å². The molecule has 1 N–H and O–H groups in total. The fourth-order valence-corrected chi connectivity index (χ4v) is 2.69. The van der Waals surface area contributed by atoms with Gasteiger partial charge in [0, 0.05) is 23.2 Å². The van der Waals surface area contributed by atoms with E-state index in [0.29, 0.717) is 0 Å². The largest absolute Gasteiger partial charge is 0.392 e. The molecular weight excluding hydrogens is 266 g/mol. The van der Waals surface area contributed by atoms with Crippen molar-refractivity contribution < 1.29 is 5.11 Å². The molecule has 16 heavy (non-hydrogen) atoms. The third-order valence-corrected chi connectivity index (χ3v) is 4.30. The van der Waals surface area contributed by atoms with Crippen LogP contribution < -0.4 is 4.90 Å². The summed E-state index contributed by atoms with van der Waals surface area (Å²) < 4.78 is 1.000. The molecule has 88 valence electrons. The van der Waals surface area contributed by atoms with E-state index in [1.54, 1.807) is 0 Å². The van der Waals surface area contributed by atoms with Crippen LogP contribution in [0, 0.1) is 11.8 Å². The maximum atomic E-state index is 9.12. The van der Waals surface area contributed by atoms with E-state index in [1.807, 2.05) is 6.07 Å². The second-order valence-corrected chi connectivity index (χ2v) is 5.65. The van der Waals surface area contributed by atoms with Crippen molar-refractivity contribution in [3.63, 3.8) is 0 Å². The number of aliphatic hydroxyl groups excluding tert-OH is 1. The van der Waals surface area contributed by atoms with E-state index in [4.69, 9.17) is 5.11 Å². The van der Waals surface area contributed by atoms with Gasteiger partial charge >= 0.3 is 0 Å². The second kappa shape index (κ2) is 4.76. The highest BCUT2D eigenvalue weighted by atomic mass is 79.9. The van der Waals surface area contributed by atoms with E-state index < -0.39 is 0 Å². The van der Waals surface area contributed by atoms with Gasteiger partial charge in [0.1, 0.15) is 0 Å². The summed E-state index contributed by atoms with van der Waals surface area (Å²) in [4.78, 5) is 2.42. The molecule has 1 saturated heterocycles. The van der Waals surface area contributed by atoms with Gasteiger partial charge in [-0.2, -0.15) is 0 Å². The lowest BCUT2D eigenvalue weighted by molar-refractivity contribution is 0.281. The topological polar surface area (TPSA) is 23.5 Å². The Labute approximate surface area is 105 Å². The van der Waals surface area contributed by atoms with Gasteiger partial charge in [-0.1, -0.05) is 35.8 Å². The summed E-state index contributed by atoms with van der Waals surface area (Å²) in [6.07, 6.45) is 0. The van der Waals surface area contributed by atoms with Gasteiger partial charge in [-0.25, -0.2) is 0 Å². The first-order valence-electron chi connectivity index (χ1n) is 5.76. The molecule has 0 aromatic heterocycles. The average Bonchev–Trinajstić information content (AvgIpc) is 2.59. The van der Waals surface area contributed by atoms with Gasteiger partial charge in [0.15, 0.2) is 0 Å². The van der Waals surface area contributed by atoms with Gasteiger partial charge in [0.25, 0.3) is 0 Å². The third-order valence-electron chi connectivity index (χ3n) is 3.56. The van der Waals surface area contributed by atoms with Crippen molar-refractivity contribution >= 4 is 21.6 Å². The lowest BCUT2D eigenvalue weighted by Gasteiger charge is -2.19. The minimum Gasteiger partial charge on any atom is -0.392 e. The molecule has 3 heteroatoms. The molecule has 1 aliphatic heterocycles. The molecule has 1 aliphatic rings. The maximum Gasteiger partial charge on any atom is 0.0692 e. The van der Waals surface area contributed by atoms with Crippen LogP contribution >= 0.6 is 15.9 Å². The first-order valence-corrected chi connectivity index (χ1v) is 6.55. The van der Waals surface area contributed by atoms with E-state index in [2.05, 4.69) is 46.8 Å². The van der Waals surface area contributed by atoms with Crippen LogP contribution in [0.25, 0.3) is 0 Å². The van der Waals surface area contributed by atoms with Gasteiger partial charge in [-0.15, -0.1) is 0 Å². The molecule has 1 aromatic rings. The van der Waals surface area contributed by atoms with Crippen LogP contribution in [-0.4, -0.2) is 18.2 Å². The molecule has 0 spiro atoms. The zero-order chi connectivity index (χ0) is 11.7. The van der Waals surface area contributed by atoms with E-state index >= 15 is 0 Å². The quantitative estimate of drug-likeness (QED) is 0.902. The number of nitrogens with zero attached hydrogens (tertiary/aromatic N) is 1. The molecule has 0 aliphatic carbocycles. The lowest BCUT2D eigenvalue weighted by Crippen LogP contribution is -2.19.